The molecule has 0 amide bonds. The normalized spacial score (nSPS) is 11.6. The molecule has 0 aliphatic rings. The molecule has 0 aliphatic heterocycles. The molecule has 0 aliphatic carbocycles. The van der Waals surface area contributed by atoms with Gasteiger partial charge in [-0.1, -0.05) is 31.5 Å². The monoisotopic (exact) mass is 297 g/mol. The summed E-state index contributed by atoms with van der Waals surface area (Å²) in [7, 11) is 0. The maximum Gasteiger partial charge on any atom is 0.152 e. The molecule has 2 aromatic heterocycles. The highest BCUT2D eigenvalue weighted by Crippen LogP contribution is 2.28. The van der Waals surface area contributed by atoms with Gasteiger partial charge in [0.15, 0.2) is 5.82 Å². The number of hydrogen-bond donors (Lipinski definition) is 2. The van der Waals surface area contributed by atoms with Gasteiger partial charge in [-0.15, -0.1) is 0 Å². The first-order valence-corrected chi connectivity index (χ1v) is 7.94. The molecule has 3 rings (SSSR count). The molecule has 3 N–H and O–H groups in total. The second-order valence-corrected chi connectivity index (χ2v) is 5.96. The van der Waals surface area contributed by atoms with Crippen LogP contribution in [0.5, 0.6) is 0 Å². The van der Waals surface area contributed by atoms with Crippen LogP contribution in [-0.4, -0.2) is 20.7 Å². The number of imidazole rings is 1. The predicted molar refractivity (Wildman–Crippen MR) is 92.6 cm³/mol. The van der Waals surface area contributed by atoms with Crippen LogP contribution >= 0.6 is 0 Å². The Kier molecular flexibility index (Phi) is 3.88. The van der Waals surface area contributed by atoms with Crippen molar-refractivity contribution in [3.05, 3.63) is 30.1 Å². The van der Waals surface area contributed by atoms with E-state index in [1.165, 1.54) is 0 Å². The Morgan fingerprint density at radius 2 is 2.00 bits per heavy atom. The third-order valence-corrected chi connectivity index (χ3v) is 3.73. The van der Waals surface area contributed by atoms with Crippen LogP contribution in [0.1, 0.15) is 39.4 Å². The van der Waals surface area contributed by atoms with Crippen LogP contribution in [-0.2, 0) is 6.42 Å². The molecular weight excluding hydrogens is 274 g/mol. The molecule has 0 spiro atoms. The van der Waals surface area contributed by atoms with Crippen LogP contribution in [0.2, 0.25) is 0 Å². The Labute approximate surface area is 130 Å². The van der Waals surface area contributed by atoms with Gasteiger partial charge < -0.3 is 11.2 Å². The minimum Gasteiger partial charge on any atom is -0.382 e. The predicted octanol–water partition coefficient (Wildman–Crippen LogP) is 3.46. The molecular formula is C17H23N5. The van der Waals surface area contributed by atoms with E-state index in [0.29, 0.717) is 11.9 Å². The van der Waals surface area contributed by atoms with Crippen LogP contribution in [0.4, 0.5) is 5.82 Å². The van der Waals surface area contributed by atoms with Crippen LogP contribution in [0.3, 0.4) is 0 Å². The van der Waals surface area contributed by atoms with Crippen molar-refractivity contribution in [2.75, 3.05) is 11.2 Å². The summed E-state index contributed by atoms with van der Waals surface area (Å²) in [5.74, 6) is 1.52. The fourth-order valence-corrected chi connectivity index (χ4v) is 2.75. The number of aromatic nitrogens is 3. The second kappa shape index (κ2) is 5.83. The van der Waals surface area contributed by atoms with Gasteiger partial charge in [0, 0.05) is 17.8 Å². The number of benzene rings is 1. The minimum absolute atomic E-state index is 0.311. The lowest BCUT2D eigenvalue weighted by molar-refractivity contribution is 0.678. The van der Waals surface area contributed by atoms with E-state index in [9.17, 15) is 0 Å². The summed E-state index contributed by atoms with van der Waals surface area (Å²) in [5.41, 5.74) is 12.4. The quantitative estimate of drug-likeness (QED) is 0.756. The number of aryl methyl sites for hydroxylation is 1. The van der Waals surface area contributed by atoms with Gasteiger partial charge in [0.1, 0.15) is 16.9 Å². The van der Waals surface area contributed by atoms with Crippen LogP contribution in [0, 0.1) is 0 Å². The molecule has 0 saturated heterocycles. The Morgan fingerprint density at radius 3 is 2.73 bits per heavy atom. The minimum atomic E-state index is 0.311. The second-order valence-electron chi connectivity index (χ2n) is 5.96. The van der Waals surface area contributed by atoms with E-state index in [0.717, 1.165) is 47.0 Å². The lowest BCUT2D eigenvalue weighted by Gasteiger charge is -2.16. The molecule has 0 fully saturated rings. The smallest absolute Gasteiger partial charge is 0.152 e. The fraction of sp³-hybridized carbons (Fsp3) is 0.412. The average Bonchev–Trinajstić information content (AvgIpc) is 2.84. The summed E-state index contributed by atoms with van der Waals surface area (Å²) in [4.78, 5) is 9.26. The molecule has 3 aromatic rings. The van der Waals surface area contributed by atoms with E-state index in [-0.39, 0.29) is 0 Å². The Bertz CT molecular complexity index is 804. The standard InChI is InChI=1S/C17H23N5/c1-4-5-10-14-20-15-16(22(14)21-11(2)3)12-8-6-7-9-13(12)19-17(15)18/h6-9,11,21H,4-5,10H2,1-3H3,(H2,18,19). The van der Waals surface area contributed by atoms with Gasteiger partial charge >= 0.3 is 0 Å². The van der Waals surface area contributed by atoms with Gasteiger partial charge in [0.2, 0.25) is 0 Å². The molecule has 1 aromatic carbocycles. The van der Waals surface area contributed by atoms with Gasteiger partial charge in [-0.25, -0.2) is 14.6 Å². The highest BCUT2D eigenvalue weighted by atomic mass is 15.4. The summed E-state index contributed by atoms with van der Waals surface area (Å²) in [6, 6.07) is 8.39. The summed E-state index contributed by atoms with van der Waals surface area (Å²) < 4.78 is 2.11. The van der Waals surface area contributed by atoms with Crippen molar-refractivity contribution in [1.82, 2.24) is 14.6 Å². The van der Waals surface area contributed by atoms with E-state index in [2.05, 4.69) is 41.9 Å². The summed E-state index contributed by atoms with van der Waals surface area (Å²) in [6.45, 7) is 6.44. The molecule has 0 unspecified atom stereocenters. The molecule has 2 heterocycles. The average molecular weight is 297 g/mol. The highest BCUT2D eigenvalue weighted by Gasteiger charge is 2.17. The number of fused-ring (bicyclic) bond motifs is 3. The Morgan fingerprint density at radius 1 is 1.23 bits per heavy atom. The summed E-state index contributed by atoms with van der Waals surface area (Å²) in [6.07, 6.45) is 3.17. The molecule has 0 radical (unpaired) electrons. The lowest BCUT2D eigenvalue weighted by atomic mass is 10.2. The number of nitrogen functional groups attached to an aromatic ring is 1. The molecule has 0 atom stereocenters. The number of nitrogens with one attached hydrogen (secondary N) is 1. The third kappa shape index (κ3) is 2.47. The first-order valence-electron chi connectivity index (χ1n) is 7.94. The number of pyridine rings is 1. The van der Waals surface area contributed by atoms with Gasteiger partial charge in [-0.2, -0.15) is 0 Å². The Hall–Kier alpha value is -2.30. The van der Waals surface area contributed by atoms with E-state index in [1.807, 2.05) is 18.2 Å². The zero-order valence-corrected chi connectivity index (χ0v) is 13.4. The maximum absolute atomic E-state index is 6.15. The number of hydrogen-bond acceptors (Lipinski definition) is 4. The van der Waals surface area contributed by atoms with Gasteiger partial charge in [0.25, 0.3) is 0 Å². The van der Waals surface area contributed by atoms with Crippen molar-refractivity contribution >= 4 is 27.8 Å². The number of rotatable bonds is 5. The van der Waals surface area contributed by atoms with Gasteiger partial charge in [0.05, 0.1) is 5.52 Å². The summed E-state index contributed by atoms with van der Waals surface area (Å²) in [5, 5.41) is 1.08. The van der Waals surface area contributed by atoms with Crippen LogP contribution in [0.15, 0.2) is 24.3 Å². The number of nitrogens with two attached hydrogens (primary N) is 1. The number of nitrogens with zero attached hydrogens (tertiary/aromatic N) is 3. The molecule has 116 valence electrons. The Balaban J connectivity index is 2.32. The number of anilines is 1. The van der Waals surface area contributed by atoms with Crippen molar-refractivity contribution in [3.8, 4) is 0 Å². The lowest BCUT2D eigenvalue weighted by Crippen LogP contribution is -2.24. The van der Waals surface area contributed by atoms with Crippen LogP contribution in [0.25, 0.3) is 21.9 Å². The maximum atomic E-state index is 6.15. The topological polar surface area (TPSA) is 68.8 Å². The SMILES string of the molecule is CCCCc1nc2c(N)nc3ccccc3c2n1NC(C)C. The van der Waals surface area contributed by atoms with E-state index in [1.54, 1.807) is 0 Å². The number of para-hydroxylation sites is 1. The molecule has 0 bridgehead atoms. The third-order valence-electron chi connectivity index (χ3n) is 3.73. The van der Waals surface area contributed by atoms with Crippen LogP contribution < -0.4 is 11.2 Å². The van der Waals surface area contributed by atoms with Crippen molar-refractivity contribution < 1.29 is 0 Å². The fourth-order valence-electron chi connectivity index (χ4n) is 2.75. The molecule has 5 nitrogen and oxygen atoms in total. The first-order chi connectivity index (χ1) is 10.6. The van der Waals surface area contributed by atoms with Gasteiger partial charge in [-0.05, 0) is 26.3 Å². The van der Waals surface area contributed by atoms with E-state index in [4.69, 9.17) is 10.7 Å². The molecule has 5 heteroatoms. The van der Waals surface area contributed by atoms with E-state index >= 15 is 0 Å². The van der Waals surface area contributed by atoms with Crippen molar-refractivity contribution in [2.45, 2.75) is 46.1 Å². The van der Waals surface area contributed by atoms with E-state index < -0.39 is 0 Å². The van der Waals surface area contributed by atoms with Gasteiger partial charge in [-0.3, -0.25) is 0 Å². The molecule has 22 heavy (non-hydrogen) atoms. The largest absolute Gasteiger partial charge is 0.382 e. The summed E-state index contributed by atoms with van der Waals surface area (Å²) >= 11 is 0. The van der Waals surface area contributed by atoms with Crippen molar-refractivity contribution in [1.29, 1.82) is 0 Å². The molecule has 0 saturated carbocycles. The van der Waals surface area contributed by atoms with Crippen molar-refractivity contribution in [3.63, 3.8) is 0 Å². The number of unbranched alkanes of at least 4 members (excludes halogenated alkanes) is 1. The zero-order valence-electron chi connectivity index (χ0n) is 13.4. The highest BCUT2D eigenvalue weighted by molar-refractivity contribution is 6.06. The zero-order chi connectivity index (χ0) is 15.7. The van der Waals surface area contributed by atoms with Crippen molar-refractivity contribution in [2.24, 2.45) is 0 Å². The first kappa shape index (κ1) is 14.6.